The molecule has 0 spiro atoms. The second-order valence-corrected chi connectivity index (χ2v) is 10.1. The summed E-state index contributed by atoms with van der Waals surface area (Å²) < 4.78 is 13.2. The first-order valence-electron chi connectivity index (χ1n) is 12.1. The topological polar surface area (TPSA) is 107 Å². The fourth-order valence-corrected chi connectivity index (χ4v) is 5.75. The third kappa shape index (κ3) is 4.71. The van der Waals surface area contributed by atoms with Gasteiger partial charge in [-0.2, -0.15) is 0 Å². The largest absolute Gasteiger partial charge is 0.497 e. The predicted octanol–water partition coefficient (Wildman–Crippen LogP) is 4.55. The number of nitrogens with zero attached hydrogens (tertiary/aromatic N) is 4. The Morgan fingerprint density at radius 3 is 2.66 bits per heavy atom. The van der Waals surface area contributed by atoms with Crippen molar-refractivity contribution in [2.24, 2.45) is 7.05 Å². The van der Waals surface area contributed by atoms with E-state index in [1.165, 1.54) is 0 Å². The van der Waals surface area contributed by atoms with Crippen LogP contribution in [-0.2, 0) is 24.8 Å². The summed E-state index contributed by atoms with van der Waals surface area (Å²) in [6.45, 7) is 0.959. The van der Waals surface area contributed by atoms with Gasteiger partial charge in [-0.15, -0.1) is 5.10 Å². The number of amides is 1. The smallest absolute Gasteiger partial charge is 0.304 e. The van der Waals surface area contributed by atoms with Crippen LogP contribution in [0.25, 0.3) is 11.0 Å². The first-order chi connectivity index (χ1) is 18.3. The van der Waals surface area contributed by atoms with Crippen LogP contribution in [0.5, 0.6) is 11.5 Å². The summed E-state index contributed by atoms with van der Waals surface area (Å²) in [5.74, 6) is -0.131. The number of hydrogen-bond acceptors (Lipinski definition) is 6. The Morgan fingerprint density at radius 2 is 1.95 bits per heavy atom. The lowest BCUT2D eigenvalue weighted by atomic mass is 9.82. The van der Waals surface area contributed by atoms with Crippen LogP contribution >= 0.6 is 15.9 Å². The van der Waals surface area contributed by atoms with Crippen LogP contribution in [0.15, 0.2) is 53.0 Å². The predicted molar refractivity (Wildman–Crippen MR) is 145 cm³/mol. The maximum absolute atomic E-state index is 13.4. The number of carboxylic acid groups (broad SMARTS) is 1. The minimum atomic E-state index is -0.900. The molecule has 1 amide bonds. The molecule has 10 heteroatoms. The zero-order valence-electron chi connectivity index (χ0n) is 21.3. The van der Waals surface area contributed by atoms with E-state index in [2.05, 4.69) is 26.2 Å². The lowest BCUT2D eigenvalue weighted by Gasteiger charge is -2.32. The second-order valence-electron chi connectivity index (χ2n) is 9.26. The molecule has 0 saturated heterocycles. The number of benzene rings is 3. The van der Waals surface area contributed by atoms with E-state index in [4.69, 9.17) is 9.47 Å². The lowest BCUT2D eigenvalue weighted by molar-refractivity contribution is -0.137. The molecule has 9 nitrogen and oxygen atoms in total. The van der Waals surface area contributed by atoms with E-state index in [9.17, 15) is 14.7 Å². The van der Waals surface area contributed by atoms with Crippen molar-refractivity contribution in [1.29, 1.82) is 0 Å². The highest BCUT2D eigenvalue weighted by molar-refractivity contribution is 9.10. The van der Waals surface area contributed by atoms with E-state index in [0.717, 1.165) is 27.8 Å². The summed E-state index contributed by atoms with van der Waals surface area (Å²) >= 11 is 3.49. The van der Waals surface area contributed by atoms with Crippen molar-refractivity contribution in [2.45, 2.75) is 25.3 Å². The molecule has 0 aliphatic carbocycles. The van der Waals surface area contributed by atoms with Crippen LogP contribution in [0.1, 0.15) is 45.0 Å². The van der Waals surface area contributed by atoms with Gasteiger partial charge in [-0.05, 0) is 74.9 Å². The van der Waals surface area contributed by atoms with Gasteiger partial charge >= 0.3 is 5.97 Å². The molecule has 38 heavy (non-hydrogen) atoms. The van der Waals surface area contributed by atoms with Gasteiger partial charge in [-0.3, -0.25) is 9.59 Å². The number of carbonyl (C=O) groups is 2. The highest BCUT2D eigenvalue weighted by atomic mass is 79.9. The molecule has 1 N–H and O–H groups in total. The summed E-state index contributed by atoms with van der Waals surface area (Å²) in [6, 6.07) is 15.0. The van der Waals surface area contributed by atoms with Crippen LogP contribution < -0.4 is 9.47 Å². The number of aryl methyl sites for hydroxylation is 1. The van der Waals surface area contributed by atoms with Crippen molar-refractivity contribution in [3.05, 3.63) is 80.8 Å². The second kappa shape index (κ2) is 10.4. The van der Waals surface area contributed by atoms with Crippen molar-refractivity contribution in [1.82, 2.24) is 19.9 Å². The fraction of sp³-hybridized carbons (Fsp3) is 0.286. The van der Waals surface area contributed by atoms with Crippen molar-refractivity contribution in [3.63, 3.8) is 0 Å². The normalized spacial score (nSPS) is 13.7. The SMILES string of the molecule is COc1ccc(C(=O)N2CCc3c(cccc3C(CC(=O)O)c3cc(OC)c4c(c3)nnn4C)C2)c(Br)c1. The highest BCUT2D eigenvalue weighted by Crippen LogP contribution is 2.38. The summed E-state index contributed by atoms with van der Waals surface area (Å²) in [6.07, 6.45) is 0.526. The van der Waals surface area contributed by atoms with Crippen LogP contribution in [0.2, 0.25) is 0 Å². The third-order valence-electron chi connectivity index (χ3n) is 7.06. The first-order valence-corrected chi connectivity index (χ1v) is 12.9. The van der Waals surface area contributed by atoms with Gasteiger partial charge in [0.25, 0.3) is 5.91 Å². The Bertz CT molecular complexity index is 1550. The Morgan fingerprint density at radius 1 is 1.13 bits per heavy atom. The van der Waals surface area contributed by atoms with Gasteiger partial charge in [0.1, 0.15) is 22.5 Å². The Kier molecular flexibility index (Phi) is 7.07. The minimum Gasteiger partial charge on any atom is -0.497 e. The van der Waals surface area contributed by atoms with Gasteiger partial charge in [-0.25, -0.2) is 4.68 Å². The number of aromatic nitrogens is 3. The van der Waals surface area contributed by atoms with E-state index < -0.39 is 11.9 Å². The molecule has 0 saturated carbocycles. The number of carboxylic acids is 1. The number of aliphatic carboxylic acids is 1. The highest BCUT2D eigenvalue weighted by Gasteiger charge is 2.29. The third-order valence-corrected chi connectivity index (χ3v) is 7.72. The molecule has 196 valence electrons. The van der Waals surface area contributed by atoms with Gasteiger partial charge in [-0.1, -0.05) is 23.4 Å². The van der Waals surface area contributed by atoms with E-state index in [1.807, 2.05) is 35.2 Å². The fourth-order valence-electron chi connectivity index (χ4n) is 5.22. The van der Waals surface area contributed by atoms with Crippen molar-refractivity contribution in [2.75, 3.05) is 20.8 Å². The molecule has 1 aromatic heterocycles. The van der Waals surface area contributed by atoms with Crippen LogP contribution in [0, 0.1) is 0 Å². The average Bonchev–Trinajstić information content (AvgIpc) is 3.30. The van der Waals surface area contributed by atoms with Gasteiger partial charge < -0.3 is 19.5 Å². The number of rotatable bonds is 7. The van der Waals surface area contributed by atoms with E-state index in [1.54, 1.807) is 44.1 Å². The van der Waals surface area contributed by atoms with Crippen LogP contribution in [0.3, 0.4) is 0 Å². The number of fused-ring (bicyclic) bond motifs is 2. The van der Waals surface area contributed by atoms with E-state index in [-0.39, 0.29) is 12.3 Å². The van der Waals surface area contributed by atoms with Crippen molar-refractivity contribution >= 4 is 38.8 Å². The molecule has 0 fully saturated rings. The molecule has 4 aromatic rings. The standard InChI is InChI=1S/C28H27BrN4O5/c1-32-27-24(30-31-32)11-17(12-25(27)38-3)22(14-26(34)35)20-6-4-5-16-15-33(10-9-19(16)20)28(36)21-8-7-18(37-2)13-23(21)29/h4-8,11-13,22H,9-10,14-15H2,1-3H3,(H,34,35). The minimum absolute atomic E-state index is 0.0736. The first kappa shape index (κ1) is 25.7. The van der Waals surface area contributed by atoms with E-state index in [0.29, 0.717) is 46.6 Å². The molecule has 1 atom stereocenters. The quantitative estimate of drug-likeness (QED) is 0.342. The van der Waals surface area contributed by atoms with Crippen LogP contribution in [-0.4, -0.2) is 57.6 Å². The number of methoxy groups -OCH3 is 2. The maximum Gasteiger partial charge on any atom is 0.304 e. The number of halogens is 1. The molecule has 3 aromatic carbocycles. The Labute approximate surface area is 228 Å². The average molecular weight is 579 g/mol. The molecule has 1 aliphatic heterocycles. The van der Waals surface area contributed by atoms with Gasteiger partial charge in [0.15, 0.2) is 0 Å². The summed E-state index contributed by atoms with van der Waals surface area (Å²) in [4.78, 5) is 27.2. The van der Waals surface area contributed by atoms with Crippen molar-refractivity contribution in [3.8, 4) is 11.5 Å². The molecular formula is C28H27BrN4O5. The van der Waals surface area contributed by atoms with Gasteiger partial charge in [0, 0.05) is 30.5 Å². The van der Waals surface area contributed by atoms with Crippen LogP contribution in [0.4, 0.5) is 0 Å². The summed E-state index contributed by atoms with van der Waals surface area (Å²) in [5.41, 5.74) is 5.78. The molecular weight excluding hydrogens is 552 g/mol. The van der Waals surface area contributed by atoms with Gasteiger partial charge in [0.05, 0.1) is 26.2 Å². The zero-order chi connectivity index (χ0) is 27.0. The lowest BCUT2D eigenvalue weighted by Crippen LogP contribution is -2.36. The Balaban J connectivity index is 1.51. The molecule has 5 rings (SSSR count). The molecule has 1 aliphatic rings. The van der Waals surface area contributed by atoms with Crippen molar-refractivity contribution < 1.29 is 24.2 Å². The molecule has 2 heterocycles. The summed E-state index contributed by atoms with van der Waals surface area (Å²) in [5, 5.41) is 18.2. The number of carbonyl (C=O) groups excluding carboxylic acids is 1. The maximum atomic E-state index is 13.4. The molecule has 1 unspecified atom stereocenters. The molecule has 0 radical (unpaired) electrons. The monoisotopic (exact) mass is 578 g/mol. The van der Waals surface area contributed by atoms with Gasteiger partial charge in [0.2, 0.25) is 0 Å². The number of hydrogen-bond donors (Lipinski definition) is 1. The Hall–Kier alpha value is -3.92. The van der Waals surface area contributed by atoms with E-state index >= 15 is 0 Å². The zero-order valence-corrected chi connectivity index (χ0v) is 22.9. The summed E-state index contributed by atoms with van der Waals surface area (Å²) in [7, 11) is 4.95. The molecule has 0 bridgehead atoms. The number of ether oxygens (including phenoxy) is 2.